The third-order valence-electron chi connectivity index (χ3n) is 26.6. The Labute approximate surface area is 878 Å². The van der Waals surface area contributed by atoms with Crippen LogP contribution in [0.5, 0.6) is 5.75 Å². The van der Waals surface area contributed by atoms with Crippen LogP contribution in [-0.2, 0) is 25.6 Å². The van der Waals surface area contributed by atoms with Gasteiger partial charge in [0, 0.05) is 154 Å². The lowest BCUT2D eigenvalue weighted by Gasteiger charge is -2.33. The van der Waals surface area contributed by atoms with Gasteiger partial charge in [0.25, 0.3) is 0 Å². The predicted octanol–water partition coefficient (Wildman–Crippen LogP) is 19.7. The number of anilines is 14. The van der Waals surface area contributed by atoms with E-state index in [9.17, 15) is 19.2 Å². The van der Waals surface area contributed by atoms with Gasteiger partial charge in [0.15, 0.2) is 46.5 Å². The summed E-state index contributed by atoms with van der Waals surface area (Å²) in [7, 11) is 13.3. The van der Waals surface area contributed by atoms with Crippen molar-refractivity contribution in [2.75, 3.05) is 178 Å². The van der Waals surface area contributed by atoms with Gasteiger partial charge in [-0.2, -0.15) is 35.3 Å². The Morgan fingerprint density at radius 2 is 0.724 bits per heavy atom. The largest absolute Gasteiger partial charge is 0.496 e. The molecule has 13 heterocycles. The summed E-state index contributed by atoms with van der Waals surface area (Å²) >= 11 is 38.5. The lowest BCUT2D eigenvalue weighted by Crippen LogP contribution is -2.42. The van der Waals surface area contributed by atoms with Crippen molar-refractivity contribution in [2.24, 2.45) is 0 Å². The van der Waals surface area contributed by atoms with Crippen LogP contribution < -0.4 is 42.0 Å². The molecule has 36 nitrogen and oxygen atoms in total. The van der Waals surface area contributed by atoms with Crippen molar-refractivity contribution in [2.45, 2.75) is 169 Å². The molecule has 8 aromatic heterocycles. The number of piperidine rings is 4. The Morgan fingerprint density at radius 1 is 0.359 bits per heavy atom. The number of halogens is 6. The summed E-state index contributed by atoms with van der Waals surface area (Å²) < 4.78 is 5.77. The van der Waals surface area contributed by atoms with Crippen LogP contribution in [0.1, 0.15) is 185 Å². The number of methoxy groups -OCH3 is 1. The third-order valence-corrected chi connectivity index (χ3v) is 28.3. The van der Waals surface area contributed by atoms with E-state index in [-0.39, 0.29) is 23.6 Å². The average molecular weight is 2100 g/mol. The molecule has 4 aromatic carbocycles. The summed E-state index contributed by atoms with van der Waals surface area (Å²) in [6.07, 6.45) is 18.2. The molecule has 0 bridgehead atoms. The number of aromatic amines is 4. The van der Waals surface area contributed by atoms with Crippen LogP contribution in [0.15, 0.2) is 97.6 Å². The Kier molecular flexibility index (Phi) is 38.1. The number of amides is 4. The molecule has 42 heteroatoms. The molecule has 145 heavy (non-hydrogen) atoms. The van der Waals surface area contributed by atoms with Crippen LogP contribution in [0.2, 0.25) is 30.1 Å². The molecule has 0 unspecified atom stereocenters. The second kappa shape index (κ2) is 50.8. The van der Waals surface area contributed by atoms with Crippen molar-refractivity contribution in [1.29, 1.82) is 0 Å². The normalized spacial score (nSPS) is 15.0. The van der Waals surface area contributed by atoms with Gasteiger partial charge < -0.3 is 81.2 Å². The van der Waals surface area contributed by atoms with E-state index >= 15 is 0 Å². The van der Waals surface area contributed by atoms with Crippen molar-refractivity contribution < 1.29 is 23.9 Å². The smallest absolute Gasteiger partial charge is 0.236 e. The zero-order valence-electron chi connectivity index (χ0n) is 85.4. The van der Waals surface area contributed by atoms with E-state index in [1.165, 1.54) is 39.6 Å². The zero-order chi connectivity index (χ0) is 103. The number of nitrogens with zero attached hydrogens (tertiary/aromatic N) is 20. The fraction of sp³-hybridized carbons (Fsp3) is 0.456. The van der Waals surface area contributed by atoms with Gasteiger partial charge in [0.1, 0.15) is 31.7 Å². The highest BCUT2D eigenvalue weighted by atomic mass is 35.5. The maximum atomic E-state index is 12.5. The van der Waals surface area contributed by atoms with E-state index in [0.29, 0.717) is 169 Å². The second-order valence-electron chi connectivity index (χ2n) is 38.8. The van der Waals surface area contributed by atoms with Crippen LogP contribution >= 0.6 is 69.6 Å². The maximum absolute atomic E-state index is 12.5. The number of carbonyl (C=O) groups is 4. The molecule has 0 spiro atoms. The molecule has 12 aromatic rings. The number of aryl methyl sites for hydroxylation is 9. The molecule has 0 saturated carbocycles. The van der Waals surface area contributed by atoms with Crippen molar-refractivity contribution in [1.82, 2.24) is 120 Å². The minimum absolute atomic E-state index is 0.149. The number of carbonyl (C=O) groups excluding carboxylic acids is 4. The molecule has 4 amide bonds. The number of ether oxygens (including phenoxy) is 1. The molecule has 11 N–H and O–H groups in total. The first kappa shape index (κ1) is 109. The van der Waals surface area contributed by atoms with Crippen LogP contribution in [0.4, 0.5) is 81.5 Å². The lowest BCUT2D eigenvalue weighted by molar-refractivity contribution is -0.133. The highest BCUT2D eigenvalue weighted by Gasteiger charge is 2.33. The van der Waals surface area contributed by atoms with Gasteiger partial charge in [-0.25, -0.2) is 24.9 Å². The first-order valence-corrected chi connectivity index (χ1v) is 51.5. The Balaban J connectivity index is 0.000000153. The van der Waals surface area contributed by atoms with Gasteiger partial charge >= 0.3 is 0 Å². The van der Waals surface area contributed by atoms with E-state index in [2.05, 4.69) is 186 Å². The Morgan fingerprint density at radius 3 is 1.14 bits per heavy atom. The van der Waals surface area contributed by atoms with Gasteiger partial charge in [-0.3, -0.25) is 39.6 Å². The molecule has 0 radical (unpaired) electrons. The number of nitrogens with one attached hydrogen (secondary N) is 11. The summed E-state index contributed by atoms with van der Waals surface area (Å²) in [6, 6.07) is 24.4. The summed E-state index contributed by atoms with van der Waals surface area (Å²) in [5.74, 6) is 9.62. The summed E-state index contributed by atoms with van der Waals surface area (Å²) in [5.41, 5.74) is 18.3. The zero-order valence-corrected chi connectivity index (χ0v) is 89.9. The molecule has 5 saturated heterocycles. The van der Waals surface area contributed by atoms with Crippen LogP contribution in [0, 0.1) is 62.3 Å². The molecule has 5 aliphatic heterocycles. The molecule has 772 valence electrons. The Bertz CT molecular complexity index is 6450. The van der Waals surface area contributed by atoms with Crippen molar-refractivity contribution >= 4 is 175 Å². The number of H-pyrrole nitrogens is 4. The number of hydrogen-bond donors (Lipinski definition) is 11. The standard InChI is InChI=1S/C29H38ClN7O.C26H35ClN8O.C25H33ClN8O2.C23H27Cl3N8O/c1-19-15-24(22-6-11-36(12-7-22)13-8-28(38)37-9-4-5-10-37)20(2)14-23(19)17-26-31-18-25(30)29(32-26)33-27-16-21(3)34-35-27;1-16-13-22(29-26-28-15-21(27)25(31-26)30-23-14-18(3)32-33-23)17(2)12-20(16)19-6-10-35(11-7-19)24(36)8-9-34(4)5;1-15-10-18(17-6-8-34(9-7-17)23(35)14-33(3)4)21(36-5)12-20(15)28-25-27-13-19(26)24(30-25)29-22-11-16(2)31-32-22;1-13-8-20(32-31-13)29-22-18(26)11-27-23(30-22)28-19-10-16(24)15(9-17(19)25)14-4-6-34(7-5-14)21(35)12-33(2)3/h14-16,18,22H,4-13,17H2,1-3H3,(H2,31,32,33,34,35);12-15,19H,6-11H2,1-5H3,(H3,28,29,30,31,32,33);10-13,17H,6-9,14H2,1-5H3,(H3,27,28,29,30,31,32);8-11,14H,4-7,12H2,1-3H3,(H3,27,28,29,30,31,32). The maximum Gasteiger partial charge on any atom is 0.236 e. The summed E-state index contributed by atoms with van der Waals surface area (Å²) in [6.45, 7) is 29.5. The molecular weight excluding hydrogens is 1960 g/mol. The quantitative estimate of drug-likeness (QED) is 0.0192. The van der Waals surface area contributed by atoms with Crippen molar-refractivity contribution in [3.63, 3.8) is 0 Å². The number of hydrogen-bond acceptors (Lipinski definition) is 28. The Hall–Kier alpha value is -12.1. The topological polar surface area (TPSA) is 405 Å². The SMILES string of the molecule is COc1cc(Nc2ncc(Cl)c(Nc3cc(C)[nH]n3)n2)c(C)cc1C1CCN(C(=O)CN(C)C)CC1.Cc1cc(Nc2nc(Cc3cc(C)c(C4CCN(CCC(=O)N5CCCC5)CC4)cc3C)ncc2Cl)n[nH]1.Cc1cc(Nc2nc(Nc3cc(C)c(C4CCN(C(=O)CCN(C)C)CC4)cc3C)ncc2Cl)n[nH]1.Cc1cc(Nc2nc(Nc3cc(Cl)c(C4CCN(C(=O)CN(C)C)CC4)cc3Cl)ncc2Cl)n[nH]1. The highest BCUT2D eigenvalue weighted by molar-refractivity contribution is 6.36. The van der Waals surface area contributed by atoms with Crippen LogP contribution in [0.25, 0.3) is 0 Å². The van der Waals surface area contributed by atoms with Crippen molar-refractivity contribution in [3.8, 4) is 5.75 Å². The van der Waals surface area contributed by atoms with E-state index in [4.69, 9.17) is 74.3 Å². The van der Waals surface area contributed by atoms with E-state index in [1.807, 2.05) is 143 Å². The van der Waals surface area contributed by atoms with Gasteiger partial charge in [-0.15, -0.1) is 0 Å². The van der Waals surface area contributed by atoms with Crippen LogP contribution in [-0.4, -0.2) is 285 Å². The number of rotatable bonds is 31. The fourth-order valence-corrected chi connectivity index (χ4v) is 19.8. The minimum Gasteiger partial charge on any atom is -0.496 e. The molecule has 17 rings (SSSR count). The molecule has 0 aliphatic carbocycles. The number of aromatic nitrogens is 16. The van der Waals surface area contributed by atoms with Gasteiger partial charge in [0.2, 0.25) is 41.5 Å². The summed E-state index contributed by atoms with van der Waals surface area (Å²) in [4.78, 5) is 102. The molecule has 5 fully saturated rings. The first-order valence-electron chi connectivity index (χ1n) is 49.2. The lowest BCUT2D eigenvalue weighted by atomic mass is 9.84. The predicted molar refractivity (Wildman–Crippen MR) is 578 cm³/mol. The van der Waals surface area contributed by atoms with E-state index < -0.39 is 0 Å². The van der Waals surface area contributed by atoms with E-state index in [1.54, 1.807) is 31.8 Å². The molecule has 0 atom stereocenters. The highest BCUT2D eigenvalue weighted by Crippen LogP contribution is 2.43. The number of likely N-dealkylation sites (N-methyl/N-ethyl adjacent to an activating group) is 2. The third kappa shape index (κ3) is 30.3. The monoisotopic (exact) mass is 2090 g/mol. The van der Waals surface area contributed by atoms with E-state index in [0.717, 1.165) is 198 Å². The fourth-order valence-electron chi connectivity index (χ4n) is 18.7. The second-order valence-corrected chi connectivity index (χ2v) is 41.3. The number of benzene rings is 4. The van der Waals surface area contributed by atoms with Gasteiger partial charge in [-0.1, -0.05) is 93.9 Å². The minimum atomic E-state index is 0.149. The number of likely N-dealkylation sites (tertiary alicyclic amines) is 5. The average Bonchev–Trinajstić information content (AvgIpc) is 1.26. The van der Waals surface area contributed by atoms with Crippen LogP contribution in [0.3, 0.4) is 0 Å². The first-order chi connectivity index (χ1) is 69.5. The summed E-state index contributed by atoms with van der Waals surface area (Å²) in [5, 5.41) is 53.2. The molecular formula is C103H133Cl6N31O5. The van der Waals surface area contributed by atoms with Gasteiger partial charge in [0.05, 0.1) is 55.7 Å². The molecule has 5 aliphatic rings. The van der Waals surface area contributed by atoms with Crippen molar-refractivity contribution in [3.05, 3.63) is 212 Å². The van der Waals surface area contributed by atoms with Gasteiger partial charge in [-0.05, 0) is 279 Å².